The van der Waals surface area contributed by atoms with Crippen molar-refractivity contribution >= 4 is 23.5 Å². The average Bonchev–Trinajstić information content (AvgIpc) is 2.67. The molecule has 2 aromatic rings. The van der Waals surface area contributed by atoms with Crippen LogP contribution in [0.4, 0.5) is 15.0 Å². The minimum absolute atomic E-state index is 0.0556. The highest BCUT2D eigenvalue weighted by atomic mass is 35.5. The van der Waals surface area contributed by atoms with E-state index in [-0.39, 0.29) is 10.9 Å². The predicted octanol–water partition coefficient (Wildman–Crippen LogP) is 4.24. The van der Waals surface area contributed by atoms with Crippen LogP contribution in [-0.2, 0) is 7.05 Å². The topological polar surface area (TPSA) is 67.2 Å². The van der Waals surface area contributed by atoms with E-state index in [1.54, 1.807) is 17.8 Å². The Morgan fingerprint density at radius 2 is 2.23 bits per heavy atom. The van der Waals surface area contributed by atoms with E-state index in [0.29, 0.717) is 11.4 Å². The van der Waals surface area contributed by atoms with Crippen molar-refractivity contribution in [2.24, 2.45) is 7.05 Å². The van der Waals surface area contributed by atoms with E-state index in [1.165, 1.54) is 12.1 Å². The van der Waals surface area contributed by atoms with Gasteiger partial charge in [-0.1, -0.05) is 24.1 Å². The molecule has 0 radical (unpaired) electrons. The van der Waals surface area contributed by atoms with Crippen LogP contribution in [0.1, 0.15) is 30.7 Å². The molecule has 1 fully saturated rings. The Morgan fingerprint density at radius 3 is 2.77 bits per heavy atom. The van der Waals surface area contributed by atoms with Gasteiger partial charge in [-0.05, 0) is 30.9 Å². The van der Waals surface area contributed by atoms with Gasteiger partial charge in [0.1, 0.15) is 5.82 Å². The van der Waals surface area contributed by atoms with Crippen molar-refractivity contribution in [2.45, 2.75) is 25.2 Å². The minimum atomic E-state index is -1.16. The van der Waals surface area contributed by atoms with Gasteiger partial charge in [-0.25, -0.2) is 9.18 Å². The summed E-state index contributed by atoms with van der Waals surface area (Å²) in [5, 5.41) is 15.6. The Morgan fingerprint density at radius 1 is 1.50 bits per heavy atom. The third-order valence-corrected chi connectivity index (χ3v) is 4.32. The molecule has 1 aliphatic carbocycles. The van der Waals surface area contributed by atoms with E-state index >= 15 is 0 Å². The zero-order chi connectivity index (χ0) is 15.9. The van der Waals surface area contributed by atoms with E-state index in [2.05, 4.69) is 10.4 Å². The first-order valence-electron chi connectivity index (χ1n) is 6.99. The molecule has 116 valence electrons. The maximum atomic E-state index is 13.8. The summed E-state index contributed by atoms with van der Waals surface area (Å²) in [7, 11) is 1.72. The lowest BCUT2D eigenvalue weighted by Crippen LogP contribution is -2.14. The molecule has 5 nitrogen and oxygen atoms in total. The number of nitrogens with one attached hydrogen (secondary N) is 1. The molecule has 7 heteroatoms. The average molecular weight is 324 g/mol. The quantitative estimate of drug-likeness (QED) is 0.888. The number of rotatable bonds is 3. The molecule has 0 unspecified atom stereocenters. The van der Waals surface area contributed by atoms with Gasteiger partial charge in [0, 0.05) is 18.2 Å². The maximum absolute atomic E-state index is 13.8. The van der Waals surface area contributed by atoms with Gasteiger partial charge in [0.2, 0.25) is 0 Å². The summed E-state index contributed by atoms with van der Waals surface area (Å²) >= 11 is 5.74. The second kappa shape index (κ2) is 5.61. The number of aryl methyl sites for hydroxylation is 1. The predicted molar refractivity (Wildman–Crippen MR) is 81.9 cm³/mol. The summed E-state index contributed by atoms with van der Waals surface area (Å²) in [5.41, 5.74) is 2.19. The van der Waals surface area contributed by atoms with Crippen molar-refractivity contribution in [1.29, 1.82) is 0 Å². The van der Waals surface area contributed by atoms with Crippen LogP contribution in [-0.4, -0.2) is 21.0 Å². The number of hydrogen-bond donors (Lipinski definition) is 2. The minimum Gasteiger partial charge on any atom is -0.465 e. The Labute approximate surface area is 131 Å². The van der Waals surface area contributed by atoms with Crippen LogP contribution in [0.25, 0.3) is 11.3 Å². The molecule has 1 heterocycles. The number of benzene rings is 1. The fourth-order valence-electron chi connectivity index (χ4n) is 2.80. The van der Waals surface area contributed by atoms with Gasteiger partial charge < -0.3 is 5.11 Å². The normalized spacial score (nSPS) is 14.7. The number of carbonyl (C=O) groups is 1. The molecule has 0 saturated heterocycles. The van der Waals surface area contributed by atoms with Crippen LogP contribution >= 0.6 is 11.6 Å². The number of amides is 1. The third kappa shape index (κ3) is 2.54. The van der Waals surface area contributed by atoms with Gasteiger partial charge in [-0.3, -0.25) is 10.00 Å². The fraction of sp³-hybridized carbons (Fsp3) is 0.333. The Bertz CT molecular complexity index is 741. The van der Waals surface area contributed by atoms with E-state index in [4.69, 9.17) is 16.7 Å². The molecule has 0 bridgehead atoms. The van der Waals surface area contributed by atoms with Crippen molar-refractivity contribution in [2.75, 3.05) is 5.32 Å². The van der Waals surface area contributed by atoms with Gasteiger partial charge in [0.05, 0.1) is 10.7 Å². The highest BCUT2D eigenvalue weighted by Gasteiger charge is 2.30. The molecule has 1 aromatic heterocycles. The lowest BCUT2D eigenvalue weighted by molar-refractivity contribution is 0.209. The molecule has 2 N–H and O–H groups in total. The number of halogens is 2. The Balaban J connectivity index is 2.14. The molecule has 1 aliphatic rings. The Kier molecular flexibility index (Phi) is 3.78. The summed E-state index contributed by atoms with van der Waals surface area (Å²) in [6.07, 6.45) is 1.89. The zero-order valence-corrected chi connectivity index (χ0v) is 12.7. The van der Waals surface area contributed by atoms with Crippen molar-refractivity contribution in [3.8, 4) is 11.3 Å². The third-order valence-electron chi connectivity index (χ3n) is 4.02. The first-order valence-corrected chi connectivity index (χ1v) is 7.37. The number of hydrogen-bond acceptors (Lipinski definition) is 2. The number of carboxylic acid groups (broad SMARTS) is 1. The highest BCUT2D eigenvalue weighted by Crippen LogP contribution is 2.44. The zero-order valence-electron chi connectivity index (χ0n) is 11.9. The number of anilines is 1. The summed E-state index contributed by atoms with van der Waals surface area (Å²) in [4.78, 5) is 11.0. The Hall–Kier alpha value is -2.08. The van der Waals surface area contributed by atoms with Gasteiger partial charge in [0.25, 0.3) is 0 Å². The lowest BCUT2D eigenvalue weighted by Gasteiger charge is -2.26. The first-order chi connectivity index (χ1) is 10.5. The van der Waals surface area contributed by atoms with E-state index in [1.807, 2.05) is 0 Å². The van der Waals surface area contributed by atoms with Gasteiger partial charge >= 0.3 is 6.09 Å². The molecule has 0 atom stereocenters. The van der Waals surface area contributed by atoms with Crippen LogP contribution < -0.4 is 5.32 Å². The molecule has 22 heavy (non-hydrogen) atoms. The van der Waals surface area contributed by atoms with E-state index in [0.717, 1.165) is 30.5 Å². The lowest BCUT2D eigenvalue weighted by atomic mass is 9.79. The van der Waals surface area contributed by atoms with Gasteiger partial charge in [0.15, 0.2) is 5.82 Å². The molecule has 1 aromatic carbocycles. The van der Waals surface area contributed by atoms with Crippen molar-refractivity contribution in [3.05, 3.63) is 34.6 Å². The molecular weight excluding hydrogens is 309 g/mol. The van der Waals surface area contributed by atoms with Gasteiger partial charge in [-0.15, -0.1) is 0 Å². The highest BCUT2D eigenvalue weighted by molar-refractivity contribution is 6.30. The second-order valence-corrected chi connectivity index (χ2v) is 5.83. The van der Waals surface area contributed by atoms with Crippen LogP contribution in [0.5, 0.6) is 0 Å². The van der Waals surface area contributed by atoms with E-state index < -0.39 is 11.9 Å². The molecule has 1 saturated carbocycles. The standard InChI is InChI=1S/C15H15ClFN3O2/c1-20-13(9-5-6-10(16)11(17)7-9)12(8-3-2-4-8)14(19-20)18-15(21)22/h5-8H,2-4H2,1H3,(H,18,19)(H,21,22). The largest absolute Gasteiger partial charge is 0.465 e. The monoisotopic (exact) mass is 323 g/mol. The summed E-state index contributed by atoms with van der Waals surface area (Å²) < 4.78 is 15.4. The summed E-state index contributed by atoms with van der Waals surface area (Å²) in [5.74, 6) is 0.0574. The van der Waals surface area contributed by atoms with Crippen LogP contribution in [0.2, 0.25) is 5.02 Å². The van der Waals surface area contributed by atoms with Crippen molar-refractivity contribution in [3.63, 3.8) is 0 Å². The molecule has 0 spiro atoms. The van der Waals surface area contributed by atoms with Gasteiger partial charge in [-0.2, -0.15) is 5.10 Å². The summed E-state index contributed by atoms with van der Waals surface area (Å²) in [6.45, 7) is 0. The fourth-order valence-corrected chi connectivity index (χ4v) is 2.92. The van der Waals surface area contributed by atoms with Crippen LogP contribution in [0.3, 0.4) is 0 Å². The molecular formula is C15H15ClFN3O2. The smallest absolute Gasteiger partial charge is 0.410 e. The maximum Gasteiger partial charge on any atom is 0.410 e. The molecule has 3 rings (SSSR count). The first kappa shape index (κ1) is 14.8. The summed E-state index contributed by atoms with van der Waals surface area (Å²) in [6, 6.07) is 4.56. The van der Waals surface area contributed by atoms with E-state index in [9.17, 15) is 9.18 Å². The van der Waals surface area contributed by atoms with Crippen molar-refractivity contribution < 1.29 is 14.3 Å². The molecule has 1 amide bonds. The second-order valence-electron chi connectivity index (χ2n) is 5.42. The molecule has 0 aliphatic heterocycles. The van der Waals surface area contributed by atoms with Crippen LogP contribution in [0, 0.1) is 5.82 Å². The van der Waals surface area contributed by atoms with Crippen LogP contribution in [0.15, 0.2) is 18.2 Å². The SMILES string of the molecule is Cn1nc(NC(=O)O)c(C2CCC2)c1-c1ccc(Cl)c(F)c1. The van der Waals surface area contributed by atoms with Crippen molar-refractivity contribution in [1.82, 2.24) is 9.78 Å². The number of aromatic nitrogens is 2. The number of nitrogens with zero attached hydrogens (tertiary/aromatic N) is 2.